The fraction of sp³-hybridized carbons (Fsp3) is 0.323. The summed E-state index contributed by atoms with van der Waals surface area (Å²) < 4.78 is 12.0. The Balaban J connectivity index is 1.47. The summed E-state index contributed by atoms with van der Waals surface area (Å²) in [4.78, 5) is 15.0. The summed E-state index contributed by atoms with van der Waals surface area (Å²) in [6.45, 7) is 10.0. The number of hydrogen-bond acceptors (Lipinski definition) is 4. The van der Waals surface area contributed by atoms with Gasteiger partial charge in [0, 0.05) is 34.7 Å². The van der Waals surface area contributed by atoms with Gasteiger partial charge in [0.1, 0.15) is 12.3 Å². The molecule has 3 aromatic rings. The first-order valence-corrected chi connectivity index (χ1v) is 13.1. The summed E-state index contributed by atoms with van der Waals surface area (Å²) in [5.41, 5.74) is 4.53. The number of nitrogens with zero attached hydrogens (tertiary/aromatic N) is 1. The van der Waals surface area contributed by atoms with Crippen LogP contribution in [-0.4, -0.2) is 24.7 Å². The molecule has 5 rings (SSSR count). The predicted octanol–water partition coefficient (Wildman–Crippen LogP) is 6.65. The van der Waals surface area contributed by atoms with Crippen molar-refractivity contribution in [3.05, 3.63) is 94.0 Å². The van der Waals surface area contributed by atoms with Crippen LogP contribution in [0, 0.1) is 6.92 Å². The minimum atomic E-state index is -0.663. The number of halogens is 1. The summed E-state index contributed by atoms with van der Waals surface area (Å²) in [7, 11) is 0. The highest BCUT2D eigenvalue weighted by Gasteiger charge is 2.57. The highest BCUT2D eigenvalue weighted by Crippen LogP contribution is 2.52. The Labute approximate surface area is 224 Å². The number of carbonyl (C=O) groups excluding carboxylic acids is 1. The second-order valence-electron chi connectivity index (χ2n) is 10.2. The van der Waals surface area contributed by atoms with E-state index in [4.69, 9.17) is 21.1 Å². The molecule has 2 aliphatic rings. The predicted molar refractivity (Wildman–Crippen MR) is 149 cm³/mol. The molecule has 0 saturated carbocycles. The van der Waals surface area contributed by atoms with Crippen LogP contribution in [0.5, 0.6) is 11.5 Å². The fourth-order valence-electron chi connectivity index (χ4n) is 5.47. The molecule has 1 atom stereocenters. The van der Waals surface area contributed by atoms with Gasteiger partial charge in [-0.25, -0.2) is 0 Å². The normalized spacial score (nSPS) is 19.9. The van der Waals surface area contributed by atoms with E-state index in [0.717, 1.165) is 11.1 Å². The monoisotopic (exact) mass is 516 g/mol. The van der Waals surface area contributed by atoms with Crippen molar-refractivity contribution in [2.45, 2.75) is 51.8 Å². The smallest absolute Gasteiger partial charge is 0.223 e. The lowest BCUT2D eigenvalue weighted by Crippen LogP contribution is -2.68. The van der Waals surface area contributed by atoms with E-state index in [1.54, 1.807) is 0 Å². The van der Waals surface area contributed by atoms with Crippen molar-refractivity contribution in [3.63, 3.8) is 0 Å². The molecule has 1 N–H and O–H groups in total. The lowest BCUT2D eigenvalue weighted by atomic mass is 9.74. The van der Waals surface area contributed by atoms with Crippen LogP contribution >= 0.6 is 11.6 Å². The molecule has 2 aliphatic heterocycles. The maximum absolute atomic E-state index is 12.7. The number of amides is 1. The van der Waals surface area contributed by atoms with Gasteiger partial charge < -0.3 is 19.7 Å². The highest BCUT2D eigenvalue weighted by molar-refractivity contribution is 6.31. The van der Waals surface area contributed by atoms with Crippen molar-refractivity contribution in [2.24, 2.45) is 0 Å². The third kappa shape index (κ3) is 4.46. The van der Waals surface area contributed by atoms with E-state index in [1.807, 2.05) is 49.4 Å². The van der Waals surface area contributed by atoms with Gasteiger partial charge in [-0.15, -0.1) is 0 Å². The van der Waals surface area contributed by atoms with Crippen LogP contribution in [0.2, 0.25) is 5.02 Å². The standard InChI is InChI=1S/C31H33ClN2O3/c1-5-36-28-19-22(11-13-27(28)37-20-23-8-6-7-9-25(23)32)14-16-31-30(3,4)24-18-21(2)10-12-26(24)34(31)17-15-29(35)33-31/h6-14,16,18-19H,5,15,17,20H2,1-4H3,(H,33,35)/b16-14+/t31-/m0/s1. The Morgan fingerprint density at radius 3 is 2.65 bits per heavy atom. The second-order valence-corrected chi connectivity index (χ2v) is 10.6. The zero-order valence-corrected chi connectivity index (χ0v) is 22.6. The van der Waals surface area contributed by atoms with Gasteiger partial charge in [-0.1, -0.05) is 73.5 Å². The first kappa shape index (κ1) is 25.2. The number of aryl methyl sites for hydroxylation is 1. The van der Waals surface area contributed by atoms with Gasteiger partial charge in [0.25, 0.3) is 0 Å². The lowest BCUT2D eigenvalue weighted by molar-refractivity contribution is -0.124. The van der Waals surface area contributed by atoms with Gasteiger partial charge in [0.2, 0.25) is 5.91 Å². The number of benzene rings is 3. The van der Waals surface area contributed by atoms with Crippen molar-refractivity contribution in [3.8, 4) is 11.5 Å². The van der Waals surface area contributed by atoms with Crippen LogP contribution in [0.25, 0.3) is 6.08 Å². The van der Waals surface area contributed by atoms with Crippen molar-refractivity contribution >= 4 is 29.3 Å². The van der Waals surface area contributed by atoms with Crippen LogP contribution in [0.4, 0.5) is 5.69 Å². The summed E-state index contributed by atoms with van der Waals surface area (Å²) in [5, 5.41) is 4.02. The topological polar surface area (TPSA) is 50.8 Å². The van der Waals surface area contributed by atoms with E-state index in [-0.39, 0.29) is 11.3 Å². The molecule has 37 heavy (non-hydrogen) atoms. The first-order chi connectivity index (χ1) is 17.7. The number of nitrogens with one attached hydrogen (secondary N) is 1. The molecule has 0 spiro atoms. The molecule has 1 amide bonds. The third-order valence-electron chi connectivity index (χ3n) is 7.51. The van der Waals surface area contributed by atoms with E-state index >= 15 is 0 Å². The Hall–Kier alpha value is -3.44. The van der Waals surface area contributed by atoms with E-state index in [1.165, 1.54) is 16.8 Å². The number of hydrogen-bond donors (Lipinski definition) is 1. The largest absolute Gasteiger partial charge is 0.490 e. The Bertz CT molecular complexity index is 1370. The fourth-order valence-corrected chi connectivity index (χ4v) is 5.66. The summed E-state index contributed by atoms with van der Waals surface area (Å²) in [6.07, 6.45) is 4.68. The number of fused-ring (bicyclic) bond motifs is 3. The van der Waals surface area contributed by atoms with Crippen LogP contribution in [0.3, 0.4) is 0 Å². The highest BCUT2D eigenvalue weighted by atomic mass is 35.5. The molecule has 0 bridgehead atoms. The molecule has 6 heteroatoms. The second kappa shape index (κ2) is 9.79. The number of rotatable bonds is 7. The Morgan fingerprint density at radius 2 is 1.86 bits per heavy atom. The Morgan fingerprint density at radius 1 is 1.05 bits per heavy atom. The molecule has 0 radical (unpaired) electrons. The molecular weight excluding hydrogens is 484 g/mol. The van der Waals surface area contributed by atoms with Gasteiger partial charge in [-0.3, -0.25) is 4.79 Å². The lowest BCUT2D eigenvalue weighted by Gasteiger charge is -2.49. The molecule has 1 saturated heterocycles. The average Bonchev–Trinajstić information content (AvgIpc) is 3.06. The van der Waals surface area contributed by atoms with Crippen molar-refractivity contribution in [1.82, 2.24) is 5.32 Å². The maximum atomic E-state index is 12.7. The van der Waals surface area contributed by atoms with E-state index in [9.17, 15) is 4.79 Å². The van der Waals surface area contributed by atoms with Gasteiger partial charge in [-0.2, -0.15) is 0 Å². The molecule has 1 fully saturated rings. The van der Waals surface area contributed by atoms with Gasteiger partial charge >= 0.3 is 0 Å². The first-order valence-electron chi connectivity index (χ1n) is 12.8. The minimum Gasteiger partial charge on any atom is -0.490 e. The van der Waals surface area contributed by atoms with Crippen LogP contribution in [0.15, 0.2) is 66.7 Å². The third-order valence-corrected chi connectivity index (χ3v) is 7.88. The van der Waals surface area contributed by atoms with E-state index in [0.29, 0.717) is 42.7 Å². The zero-order chi connectivity index (χ0) is 26.2. The minimum absolute atomic E-state index is 0.0665. The van der Waals surface area contributed by atoms with Gasteiger partial charge in [0.15, 0.2) is 11.5 Å². The number of carbonyl (C=O) groups is 1. The summed E-state index contributed by atoms with van der Waals surface area (Å²) in [5.74, 6) is 1.40. The van der Waals surface area contributed by atoms with Crippen LogP contribution < -0.4 is 19.7 Å². The molecular formula is C31H33ClN2O3. The van der Waals surface area contributed by atoms with E-state index < -0.39 is 5.66 Å². The SMILES string of the molecule is CCOc1cc(/C=C/[C@]23NC(=O)CCN2c2ccc(C)cc2C3(C)C)ccc1OCc1ccccc1Cl. The maximum Gasteiger partial charge on any atom is 0.223 e. The van der Waals surface area contributed by atoms with Crippen molar-refractivity contribution < 1.29 is 14.3 Å². The Kier molecular flexibility index (Phi) is 6.67. The molecule has 3 aromatic carbocycles. The molecule has 192 valence electrons. The summed E-state index contributed by atoms with van der Waals surface area (Å²) >= 11 is 6.30. The van der Waals surface area contributed by atoms with Crippen LogP contribution in [-0.2, 0) is 16.8 Å². The molecule has 2 heterocycles. The zero-order valence-electron chi connectivity index (χ0n) is 21.8. The number of anilines is 1. The molecule has 5 nitrogen and oxygen atoms in total. The van der Waals surface area contributed by atoms with E-state index in [2.05, 4.69) is 61.3 Å². The molecule has 0 aliphatic carbocycles. The van der Waals surface area contributed by atoms with Crippen molar-refractivity contribution in [1.29, 1.82) is 0 Å². The van der Waals surface area contributed by atoms with Crippen molar-refractivity contribution in [2.75, 3.05) is 18.1 Å². The quantitative estimate of drug-likeness (QED) is 0.382. The molecule has 0 aromatic heterocycles. The van der Waals surface area contributed by atoms with Gasteiger partial charge in [-0.05, 0) is 55.3 Å². The molecule has 0 unspecified atom stereocenters. The summed E-state index contributed by atoms with van der Waals surface area (Å²) in [6, 6.07) is 20.1. The number of ether oxygens (including phenoxy) is 2. The van der Waals surface area contributed by atoms with Gasteiger partial charge in [0.05, 0.1) is 6.61 Å². The van der Waals surface area contributed by atoms with Crippen LogP contribution in [0.1, 0.15) is 49.4 Å². The average molecular weight is 517 g/mol.